The number of nitrogens with one attached hydrogen (secondary N) is 2. The van der Waals surface area contributed by atoms with Crippen LogP contribution in [0.4, 0.5) is 0 Å². The number of carbonyl (C=O) groups is 2. The smallest absolute Gasteiger partial charge is 0.251 e. The normalized spacial score (nSPS) is 22.8. The number of rotatable bonds is 3. The van der Waals surface area contributed by atoms with E-state index >= 15 is 0 Å². The molecule has 8 heteroatoms. The summed E-state index contributed by atoms with van der Waals surface area (Å²) in [5.41, 5.74) is 0.371. The molecule has 1 amide bonds. The lowest BCUT2D eigenvalue weighted by atomic mass is 10.0. The predicted molar refractivity (Wildman–Crippen MR) is 96.5 cm³/mol. The van der Waals surface area contributed by atoms with Gasteiger partial charge in [-0.3, -0.25) is 9.59 Å². The Morgan fingerprint density at radius 2 is 1.85 bits per heavy atom. The van der Waals surface area contributed by atoms with E-state index in [1.54, 1.807) is 12.1 Å². The maximum Gasteiger partial charge on any atom is 0.251 e. The van der Waals surface area contributed by atoms with Crippen LogP contribution in [0.5, 0.6) is 0 Å². The summed E-state index contributed by atoms with van der Waals surface area (Å²) in [6.45, 7) is 1.36. The van der Waals surface area contributed by atoms with Crippen LogP contribution in [0.1, 0.15) is 26.3 Å². The van der Waals surface area contributed by atoms with Crippen molar-refractivity contribution in [1.82, 2.24) is 10.6 Å². The van der Waals surface area contributed by atoms with Crippen molar-refractivity contribution in [2.24, 2.45) is 5.92 Å². The van der Waals surface area contributed by atoms with Crippen LogP contribution in [-0.4, -0.2) is 51.0 Å². The van der Waals surface area contributed by atoms with Gasteiger partial charge in [-0.1, -0.05) is 12.1 Å². The van der Waals surface area contributed by atoms with E-state index < -0.39 is 21.8 Å². The number of hydrogen-bond donors (Lipinski definition) is 3. The molecule has 2 aromatic rings. The molecule has 3 N–H and O–H groups in total. The van der Waals surface area contributed by atoms with Crippen LogP contribution < -0.4 is 10.6 Å². The lowest BCUT2D eigenvalue weighted by Gasteiger charge is -2.19. The molecule has 0 spiro atoms. The van der Waals surface area contributed by atoms with Gasteiger partial charge in [-0.2, -0.15) is 0 Å². The first kappa shape index (κ1) is 17.8. The van der Waals surface area contributed by atoms with Crippen LogP contribution in [0.3, 0.4) is 0 Å². The van der Waals surface area contributed by atoms with Gasteiger partial charge in [0.15, 0.2) is 5.78 Å². The third-order valence-electron chi connectivity index (χ3n) is 5.03. The Morgan fingerprint density at radius 1 is 1.11 bits per heavy atom. The van der Waals surface area contributed by atoms with Gasteiger partial charge < -0.3 is 15.7 Å². The van der Waals surface area contributed by atoms with Gasteiger partial charge in [0.05, 0.1) is 15.9 Å². The summed E-state index contributed by atoms with van der Waals surface area (Å²) in [6, 6.07) is 10.1. The van der Waals surface area contributed by atoms with Gasteiger partial charge in [0.1, 0.15) is 0 Å². The molecule has 0 radical (unpaired) electrons. The number of sulfone groups is 1. The summed E-state index contributed by atoms with van der Waals surface area (Å²) in [4.78, 5) is 24.9. The van der Waals surface area contributed by atoms with Crippen molar-refractivity contribution in [1.29, 1.82) is 0 Å². The zero-order chi connectivity index (χ0) is 19.2. The number of carbonyl (C=O) groups excluding carboxylic acids is 2. The van der Waals surface area contributed by atoms with E-state index in [9.17, 15) is 23.1 Å². The molecule has 2 heterocycles. The second-order valence-electron chi connectivity index (χ2n) is 6.74. The second kappa shape index (κ2) is 6.56. The van der Waals surface area contributed by atoms with Gasteiger partial charge >= 0.3 is 0 Å². The second-order valence-corrected chi connectivity index (χ2v) is 8.62. The topological polar surface area (TPSA) is 113 Å². The first-order valence-corrected chi connectivity index (χ1v) is 10.1. The quantitative estimate of drug-likeness (QED) is 0.600. The minimum Gasteiger partial charge on any atom is -0.391 e. The first-order chi connectivity index (χ1) is 12.9. The van der Waals surface area contributed by atoms with Gasteiger partial charge in [-0.25, -0.2) is 8.42 Å². The predicted octanol–water partition coefficient (Wildman–Crippen LogP) is 0.374. The van der Waals surface area contributed by atoms with E-state index in [0.29, 0.717) is 13.1 Å². The molecule has 1 saturated heterocycles. The Morgan fingerprint density at radius 3 is 2.59 bits per heavy atom. The Balaban J connectivity index is 1.64. The Kier molecular flexibility index (Phi) is 4.33. The van der Waals surface area contributed by atoms with E-state index in [1.165, 1.54) is 30.3 Å². The van der Waals surface area contributed by atoms with Crippen molar-refractivity contribution in [2.75, 3.05) is 19.6 Å². The van der Waals surface area contributed by atoms with E-state index in [1.807, 2.05) is 0 Å². The lowest BCUT2D eigenvalue weighted by Crippen LogP contribution is -2.34. The molecule has 2 unspecified atom stereocenters. The molecule has 0 aliphatic carbocycles. The molecule has 140 valence electrons. The number of aliphatic hydroxyl groups is 1. The van der Waals surface area contributed by atoms with Gasteiger partial charge in [0.25, 0.3) is 5.91 Å². The summed E-state index contributed by atoms with van der Waals surface area (Å²) in [5, 5.41) is 15.5. The molecule has 0 aromatic heterocycles. The van der Waals surface area contributed by atoms with Crippen LogP contribution >= 0.6 is 0 Å². The fourth-order valence-electron chi connectivity index (χ4n) is 3.48. The zero-order valence-corrected chi connectivity index (χ0v) is 15.1. The third kappa shape index (κ3) is 2.95. The summed E-state index contributed by atoms with van der Waals surface area (Å²) in [5.74, 6) is -0.912. The maximum absolute atomic E-state index is 12.9. The van der Waals surface area contributed by atoms with Crippen molar-refractivity contribution in [3.63, 3.8) is 0 Å². The fourth-order valence-corrected chi connectivity index (χ4v) is 5.16. The number of β-amino-alcohol motifs (C(OH)–C–C–N with tert-alkyl or cyclic N) is 1. The minimum atomic E-state index is -3.88. The molecule has 4 rings (SSSR count). The number of benzene rings is 2. The van der Waals surface area contributed by atoms with Gasteiger partial charge in [0, 0.05) is 42.2 Å². The lowest BCUT2D eigenvalue weighted by molar-refractivity contribution is 0.0925. The van der Waals surface area contributed by atoms with Crippen molar-refractivity contribution in [2.45, 2.75) is 15.9 Å². The largest absolute Gasteiger partial charge is 0.391 e. The summed E-state index contributed by atoms with van der Waals surface area (Å²) in [6.07, 6.45) is -0.525. The summed E-state index contributed by atoms with van der Waals surface area (Å²) in [7, 11) is -3.88. The molecule has 7 nitrogen and oxygen atoms in total. The standard InChI is InChI=1S/C19H18N2O5S/c22-15-10-20-8-12(15)9-21-19(24)11-5-6-14-17(7-11)27(25,26)16-4-2-1-3-13(16)18(14)23/h1-7,12,15,20,22H,8-10H2,(H,21,24). The highest BCUT2D eigenvalue weighted by atomic mass is 32.2. The molecule has 0 saturated carbocycles. The number of fused-ring (bicyclic) bond motifs is 2. The number of hydrogen-bond acceptors (Lipinski definition) is 6. The van der Waals surface area contributed by atoms with E-state index in [-0.39, 0.29) is 44.7 Å². The van der Waals surface area contributed by atoms with E-state index in [2.05, 4.69) is 10.6 Å². The molecule has 2 aliphatic heterocycles. The molecular formula is C19H18N2O5S. The fraction of sp³-hybridized carbons (Fsp3) is 0.263. The van der Waals surface area contributed by atoms with Gasteiger partial charge in [0.2, 0.25) is 9.84 Å². The Labute approximate surface area is 156 Å². The van der Waals surface area contributed by atoms with Gasteiger partial charge in [-0.05, 0) is 30.3 Å². The molecule has 1 fully saturated rings. The van der Waals surface area contributed by atoms with Crippen LogP contribution in [0.15, 0.2) is 52.3 Å². The van der Waals surface area contributed by atoms with Gasteiger partial charge in [-0.15, -0.1) is 0 Å². The zero-order valence-electron chi connectivity index (χ0n) is 14.3. The molecule has 2 atom stereocenters. The van der Waals surface area contributed by atoms with E-state index in [4.69, 9.17) is 0 Å². The third-order valence-corrected chi connectivity index (χ3v) is 6.88. The average Bonchev–Trinajstić information content (AvgIpc) is 3.09. The summed E-state index contributed by atoms with van der Waals surface area (Å²) >= 11 is 0. The number of ketones is 1. The van der Waals surface area contributed by atoms with Crippen LogP contribution in [0, 0.1) is 5.92 Å². The Hall–Kier alpha value is -2.55. The van der Waals surface area contributed by atoms with Crippen LogP contribution in [0.2, 0.25) is 0 Å². The van der Waals surface area contributed by atoms with Crippen molar-refractivity contribution in [3.8, 4) is 0 Å². The molecular weight excluding hydrogens is 368 g/mol. The minimum absolute atomic E-state index is 0.0415. The highest BCUT2D eigenvalue weighted by molar-refractivity contribution is 7.91. The highest BCUT2D eigenvalue weighted by Crippen LogP contribution is 2.34. The molecule has 0 bridgehead atoms. The maximum atomic E-state index is 12.9. The molecule has 2 aromatic carbocycles. The molecule has 27 heavy (non-hydrogen) atoms. The van der Waals surface area contributed by atoms with Crippen molar-refractivity contribution < 1.29 is 23.1 Å². The Bertz CT molecular complexity index is 1050. The average molecular weight is 386 g/mol. The van der Waals surface area contributed by atoms with Crippen LogP contribution in [0.25, 0.3) is 0 Å². The first-order valence-electron chi connectivity index (χ1n) is 8.59. The van der Waals surface area contributed by atoms with Crippen molar-refractivity contribution >= 4 is 21.5 Å². The summed E-state index contributed by atoms with van der Waals surface area (Å²) < 4.78 is 25.8. The highest BCUT2D eigenvalue weighted by Gasteiger charge is 2.35. The van der Waals surface area contributed by atoms with Crippen LogP contribution in [-0.2, 0) is 9.84 Å². The van der Waals surface area contributed by atoms with Crippen molar-refractivity contribution in [3.05, 3.63) is 59.2 Å². The number of aliphatic hydroxyl groups excluding tert-OH is 1. The molecule has 2 aliphatic rings. The monoisotopic (exact) mass is 386 g/mol. The number of amides is 1. The van der Waals surface area contributed by atoms with E-state index in [0.717, 1.165) is 0 Å². The SMILES string of the molecule is O=C(NCC1CNCC1O)c1ccc2c(c1)S(=O)(=O)c1ccccc1C2=O.